The van der Waals surface area contributed by atoms with Crippen molar-refractivity contribution in [1.82, 2.24) is 9.97 Å². The van der Waals surface area contributed by atoms with Crippen LogP contribution in [0, 0.1) is 0 Å². The van der Waals surface area contributed by atoms with Gasteiger partial charge < -0.3 is 9.15 Å². The van der Waals surface area contributed by atoms with Crippen LogP contribution >= 0.6 is 23.4 Å². The van der Waals surface area contributed by atoms with Crippen molar-refractivity contribution in [2.45, 2.75) is 17.2 Å². The summed E-state index contributed by atoms with van der Waals surface area (Å²) in [4.78, 5) is 19.4. The average molecular weight is 285 g/mol. The zero-order valence-electron chi connectivity index (χ0n) is 9.42. The van der Waals surface area contributed by atoms with Gasteiger partial charge in [-0.3, -0.25) is 0 Å². The topological polar surface area (TPSA) is 65.2 Å². The van der Waals surface area contributed by atoms with Crippen LogP contribution in [0.3, 0.4) is 0 Å². The lowest BCUT2D eigenvalue weighted by atomic mass is 10.5. The molecule has 0 spiro atoms. The number of hydrogen-bond acceptors (Lipinski definition) is 6. The van der Waals surface area contributed by atoms with Crippen molar-refractivity contribution in [2.75, 3.05) is 6.61 Å². The lowest BCUT2D eigenvalue weighted by molar-refractivity contribution is 0.0519. The van der Waals surface area contributed by atoms with Gasteiger partial charge in [-0.2, -0.15) is 4.98 Å². The van der Waals surface area contributed by atoms with Crippen LogP contribution in [0.15, 0.2) is 39.3 Å². The Bertz CT molecular complexity index is 541. The van der Waals surface area contributed by atoms with E-state index in [1.807, 2.05) is 0 Å². The van der Waals surface area contributed by atoms with Gasteiger partial charge in [0.1, 0.15) is 11.3 Å². The maximum Gasteiger partial charge on any atom is 0.360 e. The Morgan fingerprint density at radius 1 is 1.56 bits per heavy atom. The third-order valence-corrected chi connectivity index (χ3v) is 2.90. The number of rotatable bonds is 4. The van der Waals surface area contributed by atoms with Gasteiger partial charge in [0.25, 0.3) is 5.22 Å². The highest BCUT2D eigenvalue weighted by atomic mass is 35.5. The van der Waals surface area contributed by atoms with Gasteiger partial charge in [-0.15, -0.1) is 0 Å². The van der Waals surface area contributed by atoms with Crippen molar-refractivity contribution < 1.29 is 13.9 Å². The zero-order valence-corrected chi connectivity index (χ0v) is 11.0. The molecular formula is C11H9ClN2O3S. The first kappa shape index (κ1) is 12.9. The SMILES string of the molecule is CCOC(=O)c1coc(Sc2ccc(Cl)cn2)n1. The lowest BCUT2D eigenvalue weighted by Crippen LogP contribution is -2.04. The second-order valence-electron chi connectivity index (χ2n) is 3.14. The minimum atomic E-state index is -0.503. The van der Waals surface area contributed by atoms with Crippen molar-refractivity contribution >= 4 is 29.3 Å². The van der Waals surface area contributed by atoms with E-state index >= 15 is 0 Å². The predicted octanol–water partition coefficient (Wildman–Crippen LogP) is 3.05. The molecule has 2 aromatic rings. The van der Waals surface area contributed by atoms with Gasteiger partial charge in [0.2, 0.25) is 0 Å². The lowest BCUT2D eigenvalue weighted by Gasteiger charge is -1.96. The highest BCUT2D eigenvalue weighted by molar-refractivity contribution is 7.99. The van der Waals surface area contributed by atoms with Crippen LogP contribution in [0.25, 0.3) is 0 Å². The second kappa shape index (κ2) is 5.88. The Hall–Kier alpha value is -1.53. The Morgan fingerprint density at radius 2 is 2.39 bits per heavy atom. The summed E-state index contributed by atoms with van der Waals surface area (Å²) in [6.07, 6.45) is 2.79. The molecule has 0 radical (unpaired) electrons. The highest BCUT2D eigenvalue weighted by Crippen LogP contribution is 2.25. The Kier molecular flexibility index (Phi) is 4.22. The summed E-state index contributed by atoms with van der Waals surface area (Å²) in [5.74, 6) is -0.503. The molecule has 0 fully saturated rings. The molecule has 2 rings (SSSR count). The summed E-state index contributed by atoms with van der Waals surface area (Å²) < 4.78 is 9.95. The fourth-order valence-corrected chi connectivity index (χ4v) is 1.89. The monoisotopic (exact) mass is 284 g/mol. The molecule has 0 saturated carbocycles. The van der Waals surface area contributed by atoms with Crippen molar-refractivity contribution in [3.63, 3.8) is 0 Å². The minimum Gasteiger partial charge on any atom is -0.461 e. The smallest absolute Gasteiger partial charge is 0.360 e. The van der Waals surface area contributed by atoms with Crippen LogP contribution < -0.4 is 0 Å². The summed E-state index contributed by atoms with van der Waals surface area (Å²) in [6, 6.07) is 3.45. The molecule has 0 bridgehead atoms. The number of halogens is 1. The largest absolute Gasteiger partial charge is 0.461 e. The van der Waals surface area contributed by atoms with E-state index in [1.165, 1.54) is 24.2 Å². The zero-order chi connectivity index (χ0) is 13.0. The molecular weight excluding hydrogens is 276 g/mol. The van der Waals surface area contributed by atoms with Gasteiger partial charge in [-0.1, -0.05) is 11.6 Å². The fourth-order valence-electron chi connectivity index (χ4n) is 1.12. The van der Waals surface area contributed by atoms with E-state index in [0.29, 0.717) is 21.9 Å². The molecule has 18 heavy (non-hydrogen) atoms. The van der Waals surface area contributed by atoms with Crippen LogP contribution in [0.4, 0.5) is 0 Å². The van der Waals surface area contributed by atoms with Gasteiger partial charge in [0.05, 0.1) is 11.6 Å². The van der Waals surface area contributed by atoms with E-state index < -0.39 is 5.97 Å². The molecule has 0 aliphatic rings. The first-order valence-corrected chi connectivity index (χ1v) is 6.30. The number of esters is 1. The summed E-state index contributed by atoms with van der Waals surface area (Å²) in [6.45, 7) is 2.03. The van der Waals surface area contributed by atoms with E-state index in [9.17, 15) is 4.79 Å². The number of oxazole rings is 1. The number of hydrogen-bond donors (Lipinski definition) is 0. The number of aromatic nitrogens is 2. The van der Waals surface area contributed by atoms with Crippen LogP contribution in [0.5, 0.6) is 0 Å². The maximum atomic E-state index is 11.4. The molecule has 0 aliphatic heterocycles. The van der Waals surface area contributed by atoms with E-state index in [2.05, 4.69) is 9.97 Å². The van der Waals surface area contributed by atoms with Crippen LogP contribution in [0.1, 0.15) is 17.4 Å². The van der Waals surface area contributed by atoms with E-state index in [0.717, 1.165) is 0 Å². The quantitative estimate of drug-likeness (QED) is 0.804. The van der Waals surface area contributed by atoms with Crippen molar-refractivity contribution in [3.8, 4) is 0 Å². The Labute approximate surface area is 113 Å². The molecule has 2 aromatic heterocycles. The molecule has 7 heteroatoms. The third-order valence-electron chi connectivity index (χ3n) is 1.86. The van der Waals surface area contributed by atoms with Crippen molar-refractivity contribution in [3.05, 3.63) is 35.3 Å². The number of pyridine rings is 1. The van der Waals surface area contributed by atoms with Crippen molar-refractivity contribution in [1.29, 1.82) is 0 Å². The van der Waals surface area contributed by atoms with Gasteiger partial charge in [0, 0.05) is 6.20 Å². The van der Waals surface area contributed by atoms with Gasteiger partial charge in [-0.05, 0) is 30.8 Å². The average Bonchev–Trinajstić information content (AvgIpc) is 2.81. The first-order valence-electron chi connectivity index (χ1n) is 5.11. The molecule has 2 heterocycles. The molecule has 0 aromatic carbocycles. The number of carbonyl (C=O) groups is 1. The molecule has 0 unspecified atom stereocenters. The third kappa shape index (κ3) is 3.24. The number of nitrogens with zero attached hydrogens (tertiary/aromatic N) is 2. The molecule has 0 atom stereocenters. The summed E-state index contributed by atoms with van der Waals surface area (Å²) in [5.41, 5.74) is 0.147. The molecule has 0 saturated heterocycles. The van der Waals surface area contributed by atoms with Crippen LogP contribution in [0.2, 0.25) is 5.02 Å². The predicted molar refractivity (Wildman–Crippen MR) is 65.8 cm³/mol. The van der Waals surface area contributed by atoms with Crippen LogP contribution in [-0.2, 0) is 4.74 Å². The van der Waals surface area contributed by atoms with Gasteiger partial charge >= 0.3 is 5.97 Å². The summed E-state index contributed by atoms with van der Waals surface area (Å²) >= 11 is 6.92. The van der Waals surface area contributed by atoms with E-state index in [-0.39, 0.29) is 5.69 Å². The Balaban J connectivity index is 2.06. The molecule has 5 nitrogen and oxygen atoms in total. The van der Waals surface area contributed by atoms with Gasteiger partial charge in [-0.25, -0.2) is 9.78 Å². The van der Waals surface area contributed by atoms with E-state index in [4.69, 9.17) is 20.8 Å². The summed E-state index contributed by atoms with van der Waals surface area (Å²) in [5, 5.41) is 1.56. The Morgan fingerprint density at radius 3 is 3.06 bits per heavy atom. The fraction of sp³-hybridized carbons (Fsp3) is 0.182. The molecule has 0 amide bonds. The normalized spacial score (nSPS) is 10.3. The number of carbonyl (C=O) groups excluding carboxylic acids is 1. The van der Waals surface area contributed by atoms with Crippen molar-refractivity contribution in [2.24, 2.45) is 0 Å². The molecule has 0 N–H and O–H groups in total. The summed E-state index contributed by atoms with van der Waals surface area (Å²) in [7, 11) is 0. The number of ether oxygens (including phenoxy) is 1. The highest BCUT2D eigenvalue weighted by Gasteiger charge is 2.14. The molecule has 94 valence electrons. The standard InChI is InChI=1S/C11H9ClN2O3S/c1-2-16-10(15)8-6-17-11(14-8)18-9-4-3-7(12)5-13-9/h3-6H,2H2,1H3. The maximum absolute atomic E-state index is 11.4. The first-order chi connectivity index (χ1) is 8.69. The molecule has 0 aliphatic carbocycles. The van der Waals surface area contributed by atoms with Gasteiger partial charge in [0.15, 0.2) is 5.69 Å². The second-order valence-corrected chi connectivity index (χ2v) is 4.54. The van der Waals surface area contributed by atoms with Crippen LogP contribution in [-0.4, -0.2) is 22.5 Å². The minimum absolute atomic E-state index is 0.147. The van der Waals surface area contributed by atoms with E-state index in [1.54, 1.807) is 19.1 Å².